The zero-order chi connectivity index (χ0) is 19.4. The van der Waals surface area contributed by atoms with Crippen molar-refractivity contribution in [2.45, 2.75) is 46.1 Å². The standard InChI is InChI=1S/C21H27N5O/c1-4-14(2)10-19(27)25-17-9-15(3)12-26(13-17)18-6-5-16(11-22)20-21(18)24-8-7-23-20/h5-8,14-15,17H,4,9-10,12-13H2,1-3H3,(H,25,27)/t14-,15+,17-/m1/s1. The number of anilines is 1. The molecule has 0 radical (unpaired) electrons. The van der Waals surface area contributed by atoms with Gasteiger partial charge in [-0.3, -0.25) is 14.8 Å². The molecule has 3 atom stereocenters. The molecule has 1 N–H and O–H groups in total. The second-order valence-corrected chi connectivity index (χ2v) is 7.73. The van der Waals surface area contributed by atoms with Gasteiger partial charge in [0.1, 0.15) is 17.1 Å². The van der Waals surface area contributed by atoms with Gasteiger partial charge >= 0.3 is 0 Å². The first-order chi connectivity index (χ1) is 13.0. The van der Waals surface area contributed by atoms with Crippen molar-refractivity contribution >= 4 is 22.6 Å². The second-order valence-electron chi connectivity index (χ2n) is 7.73. The van der Waals surface area contributed by atoms with Crippen LogP contribution >= 0.6 is 0 Å². The zero-order valence-electron chi connectivity index (χ0n) is 16.3. The number of carbonyl (C=O) groups excluding carboxylic acids is 1. The molecular weight excluding hydrogens is 338 g/mol. The van der Waals surface area contributed by atoms with Gasteiger partial charge in [0, 0.05) is 37.9 Å². The van der Waals surface area contributed by atoms with Crippen LogP contribution in [0.2, 0.25) is 0 Å². The SMILES string of the molecule is CC[C@@H](C)CC(=O)N[C@@H]1C[C@H](C)CN(c2ccc(C#N)c3nccnc23)C1. The molecule has 1 aliphatic heterocycles. The number of nitriles is 1. The maximum Gasteiger partial charge on any atom is 0.220 e. The largest absolute Gasteiger partial charge is 0.367 e. The molecule has 0 unspecified atom stereocenters. The average molecular weight is 365 g/mol. The Kier molecular flexibility index (Phi) is 5.90. The molecule has 1 amide bonds. The van der Waals surface area contributed by atoms with E-state index in [9.17, 15) is 10.1 Å². The Bertz CT molecular complexity index is 859. The van der Waals surface area contributed by atoms with Crippen molar-refractivity contribution in [2.75, 3.05) is 18.0 Å². The van der Waals surface area contributed by atoms with E-state index in [1.165, 1.54) is 0 Å². The molecule has 1 fully saturated rings. The van der Waals surface area contributed by atoms with Gasteiger partial charge in [-0.05, 0) is 30.4 Å². The van der Waals surface area contributed by atoms with Gasteiger partial charge in [-0.2, -0.15) is 5.26 Å². The Morgan fingerprint density at radius 1 is 1.33 bits per heavy atom. The Labute approximate surface area is 160 Å². The Morgan fingerprint density at radius 3 is 2.78 bits per heavy atom. The van der Waals surface area contributed by atoms with E-state index in [0.29, 0.717) is 29.3 Å². The maximum atomic E-state index is 12.3. The summed E-state index contributed by atoms with van der Waals surface area (Å²) in [4.78, 5) is 23.4. The van der Waals surface area contributed by atoms with E-state index in [4.69, 9.17) is 0 Å². The lowest BCUT2D eigenvalue weighted by Crippen LogP contribution is -2.50. The Morgan fingerprint density at radius 2 is 2.07 bits per heavy atom. The van der Waals surface area contributed by atoms with Gasteiger partial charge in [0.05, 0.1) is 11.3 Å². The highest BCUT2D eigenvalue weighted by atomic mass is 16.1. The van der Waals surface area contributed by atoms with Crippen LogP contribution in [0.15, 0.2) is 24.5 Å². The number of hydrogen-bond donors (Lipinski definition) is 1. The lowest BCUT2D eigenvalue weighted by molar-refractivity contribution is -0.122. The van der Waals surface area contributed by atoms with E-state index in [-0.39, 0.29) is 11.9 Å². The Hall–Kier alpha value is -2.68. The molecule has 1 aliphatic rings. The first kappa shape index (κ1) is 19.1. The van der Waals surface area contributed by atoms with Gasteiger partial charge < -0.3 is 10.2 Å². The van der Waals surface area contributed by atoms with Crippen molar-refractivity contribution in [3.8, 4) is 6.07 Å². The monoisotopic (exact) mass is 365 g/mol. The van der Waals surface area contributed by atoms with Crippen LogP contribution in [0.25, 0.3) is 11.0 Å². The quantitative estimate of drug-likeness (QED) is 0.879. The van der Waals surface area contributed by atoms with Crippen molar-refractivity contribution in [1.29, 1.82) is 5.26 Å². The lowest BCUT2D eigenvalue weighted by atomic mass is 9.94. The topological polar surface area (TPSA) is 81.9 Å². The highest BCUT2D eigenvalue weighted by Gasteiger charge is 2.28. The number of aromatic nitrogens is 2. The first-order valence-electron chi connectivity index (χ1n) is 9.69. The molecule has 6 heteroatoms. The van der Waals surface area contributed by atoms with E-state index in [0.717, 1.165) is 37.1 Å². The second kappa shape index (κ2) is 8.34. The van der Waals surface area contributed by atoms with Crippen molar-refractivity contribution in [3.05, 3.63) is 30.1 Å². The predicted octanol–water partition coefficient (Wildman–Crippen LogP) is 3.27. The fraction of sp³-hybridized carbons (Fsp3) is 0.524. The molecule has 6 nitrogen and oxygen atoms in total. The minimum absolute atomic E-state index is 0.118. The normalized spacial score (nSPS) is 20.9. The number of nitrogens with zero attached hydrogens (tertiary/aromatic N) is 4. The van der Waals surface area contributed by atoms with Crippen molar-refractivity contribution in [2.24, 2.45) is 11.8 Å². The summed E-state index contributed by atoms with van der Waals surface area (Å²) in [6, 6.07) is 6.07. The third kappa shape index (κ3) is 4.36. The fourth-order valence-electron chi connectivity index (χ4n) is 3.79. The summed E-state index contributed by atoms with van der Waals surface area (Å²) in [6.07, 6.45) is 5.83. The molecule has 1 aromatic carbocycles. The first-order valence-corrected chi connectivity index (χ1v) is 9.69. The fourth-order valence-corrected chi connectivity index (χ4v) is 3.79. The van der Waals surface area contributed by atoms with Crippen LogP contribution in [0, 0.1) is 23.2 Å². The van der Waals surface area contributed by atoms with Crippen LogP contribution < -0.4 is 10.2 Å². The third-order valence-electron chi connectivity index (χ3n) is 5.32. The predicted molar refractivity (Wildman–Crippen MR) is 106 cm³/mol. The number of benzene rings is 1. The van der Waals surface area contributed by atoms with Crippen molar-refractivity contribution in [3.63, 3.8) is 0 Å². The molecule has 2 aromatic rings. The molecular formula is C21H27N5O. The number of fused-ring (bicyclic) bond motifs is 1. The third-order valence-corrected chi connectivity index (χ3v) is 5.32. The molecule has 0 spiro atoms. The van der Waals surface area contributed by atoms with Gasteiger partial charge in [-0.25, -0.2) is 0 Å². The summed E-state index contributed by atoms with van der Waals surface area (Å²) >= 11 is 0. The van der Waals surface area contributed by atoms with Crippen LogP contribution in [0.3, 0.4) is 0 Å². The number of hydrogen-bond acceptors (Lipinski definition) is 5. The number of amides is 1. The van der Waals surface area contributed by atoms with Gasteiger partial charge in [0.25, 0.3) is 0 Å². The molecule has 1 aromatic heterocycles. The number of piperidine rings is 1. The highest BCUT2D eigenvalue weighted by molar-refractivity contribution is 5.92. The lowest BCUT2D eigenvalue weighted by Gasteiger charge is -2.38. The van der Waals surface area contributed by atoms with Crippen LogP contribution in [0.4, 0.5) is 5.69 Å². The van der Waals surface area contributed by atoms with E-state index in [2.05, 4.69) is 47.0 Å². The number of rotatable bonds is 5. The van der Waals surface area contributed by atoms with Gasteiger partial charge in [-0.15, -0.1) is 0 Å². The number of nitrogens with one attached hydrogen (secondary N) is 1. The summed E-state index contributed by atoms with van der Waals surface area (Å²) in [5.41, 5.74) is 2.89. The van der Waals surface area contributed by atoms with E-state index in [1.807, 2.05) is 12.1 Å². The number of carbonyl (C=O) groups is 1. The van der Waals surface area contributed by atoms with Gasteiger partial charge in [0.2, 0.25) is 5.91 Å². The molecule has 0 aliphatic carbocycles. The molecule has 3 rings (SSSR count). The van der Waals surface area contributed by atoms with Gasteiger partial charge in [0.15, 0.2) is 0 Å². The van der Waals surface area contributed by atoms with E-state index >= 15 is 0 Å². The zero-order valence-corrected chi connectivity index (χ0v) is 16.3. The summed E-state index contributed by atoms with van der Waals surface area (Å²) in [6.45, 7) is 8.07. The summed E-state index contributed by atoms with van der Waals surface area (Å²) in [5, 5.41) is 12.5. The molecule has 2 heterocycles. The van der Waals surface area contributed by atoms with Crippen LogP contribution in [0.1, 0.15) is 45.6 Å². The summed E-state index contributed by atoms with van der Waals surface area (Å²) in [7, 11) is 0. The molecule has 1 saturated heterocycles. The average Bonchev–Trinajstić information content (AvgIpc) is 2.66. The minimum atomic E-state index is 0.118. The van der Waals surface area contributed by atoms with Crippen molar-refractivity contribution in [1.82, 2.24) is 15.3 Å². The molecule has 0 saturated carbocycles. The maximum absolute atomic E-state index is 12.3. The summed E-state index contributed by atoms with van der Waals surface area (Å²) < 4.78 is 0. The van der Waals surface area contributed by atoms with Gasteiger partial charge in [-0.1, -0.05) is 27.2 Å². The van der Waals surface area contributed by atoms with Crippen LogP contribution in [0.5, 0.6) is 0 Å². The van der Waals surface area contributed by atoms with E-state index < -0.39 is 0 Å². The molecule has 0 bridgehead atoms. The molecule has 142 valence electrons. The van der Waals surface area contributed by atoms with Crippen molar-refractivity contribution < 1.29 is 4.79 Å². The highest BCUT2D eigenvalue weighted by Crippen LogP contribution is 2.30. The van der Waals surface area contributed by atoms with Crippen LogP contribution in [-0.4, -0.2) is 35.0 Å². The molecule has 27 heavy (non-hydrogen) atoms. The van der Waals surface area contributed by atoms with Crippen LogP contribution in [-0.2, 0) is 4.79 Å². The summed E-state index contributed by atoms with van der Waals surface area (Å²) in [5.74, 6) is 0.989. The smallest absolute Gasteiger partial charge is 0.220 e. The van der Waals surface area contributed by atoms with E-state index in [1.54, 1.807) is 12.4 Å². The Balaban J connectivity index is 1.82. The minimum Gasteiger partial charge on any atom is -0.367 e.